The molecule has 6 heteroatoms. The molecule has 0 heterocycles. The van der Waals surface area contributed by atoms with Crippen LogP contribution in [0, 0.1) is 0 Å². The lowest BCUT2D eigenvalue weighted by molar-refractivity contribution is -0.146. The van der Waals surface area contributed by atoms with Crippen LogP contribution in [0.25, 0.3) is 0 Å². The van der Waals surface area contributed by atoms with Gasteiger partial charge < -0.3 is 19.7 Å². The summed E-state index contributed by atoms with van der Waals surface area (Å²) in [5, 5.41) is 20.0. The van der Waals surface area contributed by atoms with Crippen molar-refractivity contribution >= 4 is 11.9 Å². The average Bonchev–Trinajstić information content (AvgIpc) is 3.03. The number of aliphatic hydroxyl groups is 2. The standard InChI is InChI=1S/C39H72O6/c1-3-5-7-21-28-36(40)30-23-17-13-9-11-15-19-25-32-38(42)44-34-27-35-45-39(43)33-26-20-16-12-10-14-18-24-31-37(41)29-22-8-6-4-2/h17-18,23-24,36-37,40-41H,3-16,19-22,25-35H2,1-2H3. The van der Waals surface area contributed by atoms with Gasteiger partial charge in [-0.2, -0.15) is 0 Å². The van der Waals surface area contributed by atoms with E-state index < -0.39 is 0 Å². The molecular weight excluding hydrogens is 564 g/mol. The summed E-state index contributed by atoms with van der Waals surface area (Å²) in [6, 6.07) is 0. The molecule has 0 rings (SSSR count). The molecule has 0 amide bonds. The van der Waals surface area contributed by atoms with Crippen LogP contribution in [-0.4, -0.2) is 47.6 Å². The lowest BCUT2D eigenvalue weighted by Gasteiger charge is -2.07. The molecule has 0 spiro atoms. The number of allylic oxidation sites excluding steroid dienone is 2. The molecule has 0 bridgehead atoms. The summed E-state index contributed by atoms with van der Waals surface area (Å²) in [5.41, 5.74) is 0. The smallest absolute Gasteiger partial charge is 0.305 e. The number of rotatable bonds is 34. The summed E-state index contributed by atoms with van der Waals surface area (Å²) in [6.45, 7) is 5.02. The van der Waals surface area contributed by atoms with Crippen molar-refractivity contribution in [2.75, 3.05) is 13.2 Å². The van der Waals surface area contributed by atoms with E-state index in [2.05, 4.69) is 38.2 Å². The van der Waals surface area contributed by atoms with E-state index in [1.807, 2.05) is 0 Å². The van der Waals surface area contributed by atoms with Gasteiger partial charge in [0.25, 0.3) is 0 Å². The fourth-order valence-corrected chi connectivity index (χ4v) is 5.29. The van der Waals surface area contributed by atoms with E-state index >= 15 is 0 Å². The molecule has 2 atom stereocenters. The monoisotopic (exact) mass is 637 g/mol. The van der Waals surface area contributed by atoms with Crippen molar-refractivity contribution in [1.29, 1.82) is 0 Å². The highest BCUT2D eigenvalue weighted by Crippen LogP contribution is 2.12. The Bertz CT molecular complexity index is 646. The van der Waals surface area contributed by atoms with Crippen LogP contribution in [0.15, 0.2) is 24.3 Å². The predicted molar refractivity (Wildman–Crippen MR) is 188 cm³/mol. The Labute approximate surface area is 277 Å². The van der Waals surface area contributed by atoms with Gasteiger partial charge in [-0.3, -0.25) is 9.59 Å². The molecule has 264 valence electrons. The number of carbonyl (C=O) groups is 2. The molecule has 0 saturated heterocycles. The van der Waals surface area contributed by atoms with E-state index in [0.717, 1.165) is 116 Å². The highest BCUT2D eigenvalue weighted by Gasteiger charge is 2.06. The topological polar surface area (TPSA) is 93.1 Å². The number of ether oxygens (including phenoxy) is 2. The molecule has 0 aliphatic rings. The second-order valence-corrected chi connectivity index (χ2v) is 12.8. The summed E-state index contributed by atoms with van der Waals surface area (Å²) in [5.74, 6) is -0.327. The van der Waals surface area contributed by atoms with Crippen LogP contribution in [0.4, 0.5) is 0 Å². The Morgan fingerprint density at radius 1 is 0.489 bits per heavy atom. The molecule has 2 unspecified atom stereocenters. The number of aliphatic hydroxyl groups excluding tert-OH is 2. The highest BCUT2D eigenvalue weighted by molar-refractivity contribution is 5.69. The maximum Gasteiger partial charge on any atom is 0.305 e. The molecule has 6 nitrogen and oxygen atoms in total. The van der Waals surface area contributed by atoms with E-state index in [1.54, 1.807) is 0 Å². The van der Waals surface area contributed by atoms with E-state index in [0.29, 0.717) is 32.5 Å². The number of hydrogen-bond acceptors (Lipinski definition) is 6. The van der Waals surface area contributed by atoms with Gasteiger partial charge in [0, 0.05) is 19.3 Å². The van der Waals surface area contributed by atoms with E-state index in [4.69, 9.17) is 9.47 Å². The number of unbranched alkanes of at least 4 members (excludes halogenated alkanes) is 16. The Balaban J connectivity index is 3.43. The van der Waals surface area contributed by atoms with E-state index in [9.17, 15) is 19.8 Å². The third-order valence-electron chi connectivity index (χ3n) is 8.25. The van der Waals surface area contributed by atoms with Gasteiger partial charge in [-0.05, 0) is 64.2 Å². The third kappa shape index (κ3) is 35.0. The van der Waals surface area contributed by atoms with Crippen molar-refractivity contribution < 1.29 is 29.3 Å². The molecule has 0 aromatic rings. The van der Waals surface area contributed by atoms with Gasteiger partial charge in [0.05, 0.1) is 25.4 Å². The van der Waals surface area contributed by atoms with Gasteiger partial charge in [0.2, 0.25) is 0 Å². The summed E-state index contributed by atoms with van der Waals surface area (Å²) in [6.07, 6.45) is 35.5. The molecule has 0 saturated carbocycles. The minimum absolute atomic E-state index is 0.164. The van der Waals surface area contributed by atoms with Crippen LogP contribution in [0.3, 0.4) is 0 Å². The molecule has 0 aromatic heterocycles. The molecule has 45 heavy (non-hydrogen) atoms. The fraction of sp³-hybridized carbons (Fsp3) is 0.846. The number of esters is 2. The minimum atomic E-state index is -0.195. The van der Waals surface area contributed by atoms with Crippen LogP contribution in [-0.2, 0) is 19.1 Å². The Morgan fingerprint density at radius 2 is 0.867 bits per heavy atom. The van der Waals surface area contributed by atoms with Gasteiger partial charge in [0.1, 0.15) is 0 Å². The fourth-order valence-electron chi connectivity index (χ4n) is 5.29. The quantitative estimate of drug-likeness (QED) is 0.0415. The zero-order valence-corrected chi connectivity index (χ0v) is 29.5. The molecule has 0 aliphatic carbocycles. The normalized spacial score (nSPS) is 13.1. The van der Waals surface area contributed by atoms with Gasteiger partial charge in [-0.25, -0.2) is 0 Å². The summed E-state index contributed by atoms with van der Waals surface area (Å²) in [7, 11) is 0. The largest absolute Gasteiger partial charge is 0.466 e. The first-order valence-corrected chi connectivity index (χ1v) is 19.0. The molecule has 0 fully saturated rings. The first-order chi connectivity index (χ1) is 22.0. The Hall–Kier alpha value is -1.66. The summed E-state index contributed by atoms with van der Waals surface area (Å²) in [4.78, 5) is 23.8. The van der Waals surface area contributed by atoms with Crippen molar-refractivity contribution in [1.82, 2.24) is 0 Å². The first-order valence-electron chi connectivity index (χ1n) is 19.0. The van der Waals surface area contributed by atoms with Crippen molar-refractivity contribution in [3.8, 4) is 0 Å². The van der Waals surface area contributed by atoms with Gasteiger partial charge in [-0.15, -0.1) is 0 Å². The van der Waals surface area contributed by atoms with Crippen LogP contribution < -0.4 is 0 Å². The lowest BCUT2D eigenvalue weighted by atomic mass is 10.1. The summed E-state index contributed by atoms with van der Waals surface area (Å²) >= 11 is 0. The van der Waals surface area contributed by atoms with Crippen LogP contribution >= 0.6 is 0 Å². The van der Waals surface area contributed by atoms with Crippen molar-refractivity contribution in [3.63, 3.8) is 0 Å². The van der Waals surface area contributed by atoms with Crippen molar-refractivity contribution in [3.05, 3.63) is 24.3 Å². The first kappa shape index (κ1) is 43.3. The van der Waals surface area contributed by atoms with E-state index in [1.165, 1.54) is 38.5 Å². The number of carbonyl (C=O) groups excluding carboxylic acids is 2. The lowest BCUT2D eigenvalue weighted by Crippen LogP contribution is -2.10. The van der Waals surface area contributed by atoms with Crippen molar-refractivity contribution in [2.24, 2.45) is 0 Å². The molecule has 0 aromatic carbocycles. The number of hydrogen-bond donors (Lipinski definition) is 2. The van der Waals surface area contributed by atoms with Gasteiger partial charge in [-0.1, -0.05) is 128 Å². The molecule has 0 aliphatic heterocycles. The second-order valence-electron chi connectivity index (χ2n) is 12.8. The Morgan fingerprint density at radius 3 is 1.29 bits per heavy atom. The summed E-state index contributed by atoms with van der Waals surface area (Å²) < 4.78 is 10.5. The average molecular weight is 637 g/mol. The molecule has 2 N–H and O–H groups in total. The zero-order valence-electron chi connectivity index (χ0n) is 29.5. The van der Waals surface area contributed by atoms with Gasteiger partial charge >= 0.3 is 11.9 Å². The van der Waals surface area contributed by atoms with Crippen LogP contribution in [0.2, 0.25) is 0 Å². The maximum absolute atomic E-state index is 11.9. The highest BCUT2D eigenvalue weighted by atomic mass is 16.5. The predicted octanol–water partition coefficient (Wildman–Crippen LogP) is 10.5. The minimum Gasteiger partial charge on any atom is -0.466 e. The van der Waals surface area contributed by atoms with Crippen LogP contribution in [0.1, 0.15) is 187 Å². The molecule has 0 radical (unpaired) electrons. The second kappa shape index (κ2) is 35.2. The van der Waals surface area contributed by atoms with Crippen LogP contribution in [0.5, 0.6) is 0 Å². The maximum atomic E-state index is 11.9. The van der Waals surface area contributed by atoms with Gasteiger partial charge in [0.15, 0.2) is 0 Å². The van der Waals surface area contributed by atoms with E-state index in [-0.39, 0.29) is 24.1 Å². The third-order valence-corrected chi connectivity index (χ3v) is 8.25. The van der Waals surface area contributed by atoms with Crippen molar-refractivity contribution in [2.45, 2.75) is 199 Å². The molecular formula is C39H72O6. The Kier molecular flexibility index (Phi) is 33.9. The SMILES string of the molecule is CCCCCCC(O)CC=CCCCCCCCC(=O)OCCCOC(=O)CCCCCCCC=CCC(O)CCCCCC. The zero-order chi connectivity index (χ0) is 33.1.